The number of esters is 1. The van der Waals surface area contributed by atoms with Gasteiger partial charge in [0.15, 0.2) is 0 Å². The first-order chi connectivity index (χ1) is 8.92. The molecule has 0 saturated heterocycles. The number of aliphatic carboxylic acids is 1. The van der Waals surface area contributed by atoms with Crippen molar-refractivity contribution in [3.8, 4) is 0 Å². The molecule has 0 aliphatic heterocycles. The van der Waals surface area contributed by atoms with Gasteiger partial charge in [-0.3, -0.25) is 4.79 Å². The minimum atomic E-state index is -0.997. The predicted molar refractivity (Wildman–Crippen MR) is 77.2 cm³/mol. The van der Waals surface area contributed by atoms with E-state index in [0.29, 0.717) is 12.3 Å². The first-order valence-electron chi connectivity index (χ1n) is 7.08. The fourth-order valence-electron chi connectivity index (χ4n) is 2.86. The summed E-state index contributed by atoms with van der Waals surface area (Å²) in [6, 6.07) is 0. The third-order valence-electron chi connectivity index (χ3n) is 4.65. The second-order valence-electron chi connectivity index (χ2n) is 7.30. The molecule has 1 saturated carbocycles. The summed E-state index contributed by atoms with van der Waals surface area (Å²) in [6.07, 6.45) is 4.21. The van der Waals surface area contributed by atoms with Gasteiger partial charge in [-0.05, 0) is 44.9 Å². The zero-order chi connectivity index (χ0) is 15.8. The molecule has 0 bridgehead atoms. The Labute approximate surface area is 121 Å². The molecule has 1 rings (SSSR count). The lowest BCUT2D eigenvalue weighted by molar-refractivity contribution is -0.151. The Kier molecular flexibility index (Phi) is 4.37. The monoisotopic (exact) mass is 282 g/mol. The number of carbonyl (C=O) groups excluding carboxylic acids is 1. The molecule has 0 radical (unpaired) electrons. The Morgan fingerprint density at radius 3 is 2.20 bits per heavy atom. The topological polar surface area (TPSA) is 63.6 Å². The molecule has 0 aromatic heterocycles. The molecule has 0 aromatic carbocycles. The molecule has 0 spiro atoms. The Bertz CT molecular complexity index is 428. The number of hydrogen-bond acceptors (Lipinski definition) is 3. The number of carbonyl (C=O) groups is 2. The van der Waals surface area contributed by atoms with Gasteiger partial charge >= 0.3 is 11.9 Å². The Hall–Kier alpha value is -1.32. The molecule has 4 heteroatoms. The molecule has 2 unspecified atom stereocenters. The summed E-state index contributed by atoms with van der Waals surface area (Å²) in [5, 5.41) is 9.66. The van der Waals surface area contributed by atoms with E-state index in [9.17, 15) is 14.7 Å². The first-order valence-corrected chi connectivity index (χ1v) is 7.08. The molecule has 1 fully saturated rings. The van der Waals surface area contributed by atoms with Crippen molar-refractivity contribution >= 4 is 11.9 Å². The lowest BCUT2D eigenvalue weighted by Gasteiger charge is -2.38. The highest BCUT2D eigenvalue weighted by Gasteiger charge is 2.56. The third-order valence-corrected chi connectivity index (χ3v) is 4.65. The molecule has 1 aliphatic rings. The van der Waals surface area contributed by atoms with E-state index in [4.69, 9.17) is 4.74 Å². The van der Waals surface area contributed by atoms with E-state index in [0.717, 1.165) is 6.42 Å². The Morgan fingerprint density at radius 1 is 1.30 bits per heavy atom. The van der Waals surface area contributed by atoms with E-state index in [2.05, 4.69) is 6.92 Å². The van der Waals surface area contributed by atoms with Crippen LogP contribution in [-0.2, 0) is 14.3 Å². The first kappa shape index (κ1) is 16.7. The Balaban J connectivity index is 3.01. The highest BCUT2D eigenvalue weighted by Crippen LogP contribution is 2.57. The number of rotatable bonds is 3. The summed E-state index contributed by atoms with van der Waals surface area (Å²) in [4.78, 5) is 23.5. The van der Waals surface area contributed by atoms with Crippen LogP contribution in [0, 0.1) is 16.7 Å². The smallest absolute Gasteiger partial charge is 0.330 e. The van der Waals surface area contributed by atoms with Gasteiger partial charge in [0.05, 0.1) is 5.41 Å². The Morgan fingerprint density at radius 2 is 1.85 bits per heavy atom. The van der Waals surface area contributed by atoms with Crippen LogP contribution >= 0.6 is 0 Å². The van der Waals surface area contributed by atoms with Gasteiger partial charge in [-0.25, -0.2) is 4.79 Å². The van der Waals surface area contributed by atoms with Crippen LogP contribution in [0.1, 0.15) is 54.4 Å². The van der Waals surface area contributed by atoms with Gasteiger partial charge in [0.1, 0.15) is 5.60 Å². The normalized spacial score (nSPS) is 29.6. The largest absolute Gasteiger partial charge is 0.481 e. The zero-order valence-electron chi connectivity index (χ0n) is 13.3. The summed E-state index contributed by atoms with van der Waals surface area (Å²) < 4.78 is 5.20. The lowest BCUT2D eigenvalue weighted by Crippen LogP contribution is -2.41. The SMILES string of the molecule is CC1CCC(C=CC(=O)OC(C)(C)C)(C(=O)O)C1(C)C. The van der Waals surface area contributed by atoms with E-state index < -0.39 is 28.4 Å². The number of carboxylic acid groups (broad SMARTS) is 1. The van der Waals surface area contributed by atoms with Crippen LogP contribution in [0.15, 0.2) is 12.2 Å². The molecule has 20 heavy (non-hydrogen) atoms. The predicted octanol–water partition coefficient (Wildman–Crippen LogP) is 3.41. The molecule has 0 heterocycles. The second kappa shape index (κ2) is 5.23. The van der Waals surface area contributed by atoms with Crippen LogP contribution in [0.4, 0.5) is 0 Å². The van der Waals surface area contributed by atoms with Crippen LogP contribution in [-0.4, -0.2) is 22.6 Å². The molecular formula is C16H26O4. The van der Waals surface area contributed by atoms with Crippen molar-refractivity contribution in [2.45, 2.75) is 60.0 Å². The van der Waals surface area contributed by atoms with Crippen molar-refractivity contribution < 1.29 is 19.4 Å². The van der Waals surface area contributed by atoms with Gasteiger partial charge in [0.25, 0.3) is 0 Å². The minimum absolute atomic E-state index is 0.293. The van der Waals surface area contributed by atoms with Gasteiger partial charge in [0.2, 0.25) is 0 Å². The fourth-order valence-corrected chi connectivity index (χ4v) is 2.86. The average molecular weight is 282 g/mol. The maximum Gasteiger partial charge on any atom is 0.330 e. The molecule has 114 valence electrons. The van der Waals surface area contributed by atoms with Crippen LogP contribution < -0.4 is 0 Å². The summed E-state index contributed by atoms with van der Waals surface area (Å²) in [6.45, 7) is 11.3. The number of hydrogen-bond donors (Lipinski definition) is 1. The summed E-state index contributed by atoms with van der Waals surface area (Å²) in [5.74, 6) is -1.07. The van der Waals surface area contributed by atoms with Crippen molar-refractivity contribution in [3.63, 3.8) is 0 Å². The van der Waals surface area contributed by atoms with E-state index in [1.807, 2.05) is 13.8 Å². The third kappa shape index (κ3) is 3.05. The quantitative estimate of drug-likeness (QED) is 0.636. The van der Waals surface area contributed by atoms with Crippen LogP contribution in [0.5, 0.6) is 0 Å². The van der Waals surface area contributed by atoms with Crippen molar-refractivity contribution in [1.29, 1.82) is 0 Å². The van der Waals surface area contributed by atoms with Crippen LogP contribution in [0.3, 0.4) is 0 Å². The van der Waals surface area contributed by atoms with Gasteiger partial charge < -0.3 is 9.84 Å². The van der Waals surface area contributed by atoms with Crippen molar-refractivity contribution in [1.82, 2.24) is 0 Å². The average Bonchev–Trinajstić information content (AvgIpc) is 2.47. The maximum absolute atomic E-state index is 11.8. The molecule has 4 nitrogen and oxygen atoms in total. The van der Waals surface area contributed by atoms with Crippen molar-refractivity contribution in [2.24, 2.45) is 16.7 Å². The van der Waals surface area contributed by atoms with E-state index in [1.165, 1.54) is 12.2 Å². The lowest BCUT2D eigenvalue weighted by atomic mass is 9.65. The highest BCUT2D eigenvalue weighted by molar-refractivity contribution is 5.85. The van der Waals surface area contributed by atoms with Gasteiger partial charge in [-0.2, -0.15) is 0 Å². The van der Waals surface area contributed by atoms with Crippen molar-refractivity contribution in [3.05, 3.63) is 12.2 Å². The molecule has 1 N–H and O–H groups in total. The molecule has 0 amide bonds. The van der Waals surface area contributed by atoms with Gasteiger partial charge in [0, 0.05) is 6.08 Å². The fraction of sp³-hybridized carbons (Fsp3) is 0.750. The van der Waals surface area contributed by atoms with E-state index in [1.54, 1.807) is 20.8 Å². The molecule has 0 aromatic rings. The summed E-state index contributed by atoms with van der Waals surface area (Å²) in [7, 11) is 0. The molecular weight excluding hydrogens is 256 g/mol. The maximum atomic E-state index is 11.8. The van der Waals surface area contributed by atoms with E-state index in [-0.39, 0.29) is 0 Å². The number of ether oxygens (including phenoxy) is 1. The summed E-state index contributed by atoms with van der Waals surface area (Å²) >= 11 is 0. The van der Waals surface area contributed by atoms with Crippen LogP contribution in [0.25, 0.3) is 0 Å². The standard InChI is InChI=1S/C16H26O4/c1-11-7-9-16(13(18)19,15(11,5)6)10-8-12(17)20-14(2,3)4/h8,10-11H,7,9H2,1-6H3,(H,18,19). The second-order valence-corrected chi connectivity index (χ2v) is 7.30. The number of carboxylic acids is 1. The summed E-state index contributed by atoms with van der Waals surface area (Å²) in [5.41, 5.74) is -1.96. The molecule has 1 aliphatic carbocycles. The minimum Gasteiger partial charge on any atom is -0.481 e. The highest BCUT2D eigenvalue weighted by atomic mass is 16.6. The van der Waals surface area contributed by atoms with Gasteiger partial charge in [-0.15, -0.1) is 0 Å². The van der Waals surface area contributed by atoms with E-state index >= 15 is 0 Å². The van der Waals surface area contributed by atoms with Crippen molar-refractivity contribution in [2.75, 3.05) is 0 Å². The van der Waals surface area contributed by atoms with Gasteiger partial charge in [-0.1, -0.05) is 26.8 Å². The zero-order valence-corrected chi connectivity index (χ0v) is 13.3. The molecule has 2 atom stereocenters. The van der Waals surface area contributed by atoms with Crippen LogP contribution in [0.2, 0.25) is 0 Å².